The summed E-state index contributed by atoms with van der Waals surface area (Å²) in [6.45, 7) is 5.15. The standard InChI is InChI=1S/C33H35BrN9O2P/c1-42-17-20(15-38-42)24-14-28(29(45-2)11-19(24)18-43-21-5-6-22(43)13-23(44)12-21)40-33-37-16-25(34)32(41-33)39-27-8-7-26-30(31(27)46(3)4)36-10-9-35-26/h7-11,14-17,21-22H,5-6,12-13,18H2,1-4H3,(H2,37,39,40,41). The van der Waals surface area contributed by atoms with Crippen molar-refractivity contribution in [2.24, 2.45) is 7.05 Å². The molecule has 0 amide bonds. The molecular formula is C33H35BrN9O2P. The second kappa shape index (κ2) is 12.7. The Bertz CT molecular complexity index is 1930. The molecule has 2 N–H and O–H groups in total. The molecule has 2 aromatic carbocycles. The van der Waals surface area contributed by atoms with Gasteiger partial charge in [0.2, 0.25) is 5.95 Å². The highest BCUT2D eigenvalue weighted by Gasteiger charge is 2.40. The predicted molar refractivity (Wildman–Crippen MR) is 186 cm³/mol. The van der Waals surface area contributed by atoms with Crippen LogP contribution in [0.15, 0.2) is 59.7 Å². The van der Waals surface area contributed by atoms with Crippen LogP contribution in [0.1, 0.15) is 31.2 Å². The first-order valence-corrected chi connectivity index (χ1v) is 18.2. The van der Waals surface area contributed by atoms with Gasteiger partial charge in [0, 0.05) is 79.9 Å². The van der Waals surface area contributed by atoms with Crippen LogP contribution < -0.4 is 20.7 Å². The zero-order valence-electron chi connectivity index (χ0n) is 26.2. The molecule has 0 aliphatic carbocycles. The minimum Gasteiger partial charge on any atom is -0.495 e. The van der Waals surface area contributed by atoms with Crippen molar-refractivity contribution < 1.29 is 9.53 Å². The predicted octanol–water partition coefficient (Wildman–Crippen LogP) is 6.14. The van der Waals surface area contributed by atoms with E-state index < -0.39 is 7.92 Å². The van der Waals surface area contributed by atoms with E-state index in [1.165, 1.54) is 0 Å². The summed E-state index contributed by atoms with van der Waals surface area (Å²) in [6, 6.07) is 8.77. The van der Waals surface area contributed by atoms with Gasteiger partial charge in [-0.25, -0.2) is 4.98 Å². The van der Waals surface area contributed by atoms with Gasteiger partial charge in [-0.1, -0.05) is 7.92 Å². The minimum atomic E-state index is -0.497. The number of nitrogens with zero attached hydrogens (tertiary/aromatic N) is 7. The normalized spacial score (nSPS) is 18.0. The van der Waals surface area contributed by atoms with Gasteiger partial charge in [-0.15, -0.1) is 0 Å². The number of nitrogens with one attached hydrogen (secondary N) is 2. The third-order valence-corrected chi connectivity index (χ3v) is 10.7. The minimum absolute atomic E-state index is 0.297. The molecule has 0 saturated carbocycles. The fourth-order valence-electron chi connectivity index (χ4n) is 6.70. The molecule has 3 aromatic heterocycles. The average Bonchev–Trinajstić information content (AvgIpc) is 3.57. The molecule has 0 radical (unpaired) electrons. The number of hydrogen-bond acceptors (Lipinski definition) is 10. The Morgan fingerprint density at radius 3 is 2.52 bits per heavy atom. The Morgan fingerprint density at radius 2 is 1.80 bits per heavy atom. The number of hydrogen-bond donors (Lipinski definition) is 2. The molecule has 5 aromatic rings. The van der Waals surface area contributed by atoms with E-state index in [0.29, 0.717) is 48.2 Å². The molecule has 2 aliphatic rings. The van der Waals surface area contributed by atoms with Crippen LogP contribution in [0.2, 0.25) is 0 Å². The van der Waals surface area contributed by atoms with Gasteiger partial charge in [0.1, 0.15) is 17.4 Å². The number of fused-ring (bicyclic) bond motifs is 3. The van der Waals surface area contributed by atoms with Gasteiger partial charge < -0.3 is 15.4 Å². The maximum absolute atomic E-state index is 12.3. The zero-order valence-corrected chi connectivity index (χ0v) is 28.6. The maximum atomic E-state index is 12.3. The lowest BCUT2D eigenvalue weighted by atomic mass is 9.96. The Hall–Kier alpha value is -3.99. The molecule has 7 rings (SSSR count). The summed E-state index contributed by atoms with van der Waals surface area (Å²) in [6.07, 6.45) is 12.5. The second-order valence-corrected chi connectivity index (χ2v) is 15.1. The summed E-state index contributed by atoms with van der Waals surface area (Å²) in [5.41, 5.74) is 6.61. The van der Waals surface area contributed by atoms with Gasteiger partial charge in [0.05, 0.1) is 34.5 Å². The van der Waals surface area contributed by atoms with Crippen molar-refractivity contribution in [1.29, 1.82) is 0 Å². The van der Waals surface area contributed by atoms with Crippen LogP contribution >= 0.6 is 23.9 Å². The molecular weight excluding hydrogens is 665 g/mol. The van der Waals surface area contributed by atoms with Gasteiger partial charge in [-0.3, -0.25) is 24.3 Å². The summed E-state index contributed by atoms with van der Waals surface area (Å²) in [5, 5.41) is 12.5. The maximum Gasteiger partial charge on any atom is 0.229 e. The van der Waals surface area contributed by atoms with Crippen LogP contribution in [0.5, 0.6) is 5.75 Å². The van der Waals surface area contributed by atoms with Crippen LogP contribution in [-0.4, -0.2) is 72.9 Å². The van der Waals surface area contributed by atoms with Crippen molar-refractivity contribution in [3.63, 3.8) is 0 Å². The Kier molecular flexibility index (Phi) is 8.44. The lowest BCUT2D eigenvalue weighted by molar-refractivity contribution is -0.123. The quantitative estimate of drug-likeness (QED) is 0.174. The number of carbonyl (C=O) groups is 1. The summed E-state index contributed by atoms with van der Waals surface area (Å²) in [5.74, 6) is 2.10. The smallest absolute Gasteiger partial charge is 0.229 e. The summed E-state index contributed by atoms with van der Waals surface area (Å²) < 4.78 is 8.45. The monoisotopic (exact) mass is 699 g/mol. The van der Waals surface area contributed by atoms with Crippen molar-refractivity contribution >= 4 is 69.1 Å². The van der Waals surface area contributed by atoms with Crippen LogP contribution in [-0.2, 0) is 18.4 Å². The number of anilines is 4. The van der Waals surface area contributed by atoms with E-state index >= 15 is 0 Å². The number of halogens is 1. The fourth-order valence-corrected chi connectivity index (χ4v) is 8.20. The largest absolute Gasteiger partial charge is 0.495 e. The number of rotatable bonds is 9. The molecule has 46 heavy (non-hydrogen) atoms. The molecule has 2 bridgehead atoms. The van der Waals surface area contributed by atoms with Crippen LogP contribution in [0.4, 0.5) is 23.1 Å². The molecule has 2 fully saturated rings. The van der Waals surface area contributed by atoms with Gasteiger partial charge in [-0.05, 0) is 77.5 Å². The molecule has 2 saturated heterocycles. The summed E-state index contributed by atoms with van der Waals surface area (Å²) >= 11 is 3.63. The first kappa shape index (κ1) is 30.7. The van der Waals surface area contributed by atoms with Crippen LogP contribution in [0.3, 0.4) is 0 Å². The highest BCUT2D eigenvalue weighted by Crippen LogP contribution is 2.41. The van der Waals surface area contributed by atoms with E-state index in [9.17, 15) is 4.79 Å². The van der Waals surface area contributed by atoms with Crippen molar-refractivity contribution in [2.75, 3.05) is 31.1 Å². The van der Waals surface area contributed by atoms with Crippen molar-refractivity contribution in [2.45, 2.75) is 44.3 Å². The van der Waals surface area contributed by atoms with E-state index in [1.54, 1.807) is 30.4 Å². The molecule has 13 heteroatoms. The van der Waals surface area contributed by atoms with Gasteiger partial charge >= 0.3 is 0 Å². The fraction of sp³-hybridized carbons (Fsp3) is 0.333. The number of Topliss-reactive ketones (excluding diaryl/α,β-unsaturated/α-hetero) is 1. The van der Waals surface area contributed by atoms with Gasteiger partial charge in [0.25, 0.3) is 0 Å². The third kappa shape index (κ3) is 5.97. The second-order valence-electron chi connectivity index (χ2n) is 12.0. The van der Waals surface area contributed by atoms with E-state index in [1.807, 2.05) is 31.6 Å². The Morgan fingerprint density at radius 1 is 1.02 bits per heavy atom. The number of ether oxygens (including phenoxy) is 1. The Balaban J connectivity index is 1.23. The molecule has 11 nitrogen and oxygen atoms in total. The number of aryl methyl sites for hydroxylation is 1. The lowest BCUT2D eigenvalue weighted by Crippen LogP contribution is -2.42. The highest BCUT2D eigenvalue weighted by molar-refractivity contribution is 9.10. The third-order valence-electron chi connectivity index (χ3n) is 8.80. The molecule has 2 atom stereocenters. The van der Waals surface area contributed by atoms with Gasteiger partial charge in [-0.2, -0.15) is 10.1 Å². The van der Waals surface area contributed by atoms with E-state index in [2.05, 4.69) is 77.0 Å². The lowest BCUT2D eigenvalue weighted by Gasteiger charge is -2.34. The molecule has 236 valence electrons. The SMILES string of the molecule is COc1cc(CN2C3CCC2CC(=O)C3)c(-c2cnn(C)c2)cc1Nc1ncc(Br)c(Nc2ccc3nccnc3c2P(C)C)n1. The summed E-state index contributed by atoms with van der Waals surface area (Å²) in [4.78, 5) is 33.3. The van der Waals surface area contributed by atoms with Crippen LogP contribution in [0, 0.1) is 0 Å². The number of ketones is 1. The van der Waals surface area contributed by atoms with E-state index in [4.69, 9.17) is 9.72 Å². The first-order chi connectivity index (χ1) is 22.3. The van der Waals surface area contributed by atoms with Crippen molar-refractivity contribution in [1.82, 2.24) is 34.6 Å². The van der Waals surface area contributed by atoms with Crippen molar-refractivity contribution in [3.8, 4) is 16.9 Å². The van der Waals surface area contributed by atoms with E-state index in [-0.39, 0.29) is 0 Å². The van der Waals surface area contributed by atoms with E-state index in [0.717, 1.165) is 68.3 Å². The number of methoxy groups -OCH3 is 1. The van der Waals surface area contributed by atoms with Crippen LogP contribution in [0.25, 0.3) is 22.2 Å². The molecule has 0 spiro atoms. The highest BCUT2D eigenvalue weighted by atomic mass is 79.9. The average molecular weight is 701 g/mol. The summed E-state index contributed by atoms with van der Waals surface area (Å²) in [7, 11) is 3.09. The molecule has 2 unspecified atom stereocenters. The molecule has 5 heterocycles. The number of aromatic nitrogens is 6. The van der Waals surface area contributed by atoms with Gasteiger partial charge in [0.15, 0.2) is 0 Å². The molecule has 2 aliphatic heterocycles. The number of piperidine rings is 1. The number of carbonyl (C=O) groups excluding carboxylic acids is 1. The Labute approximate surface area is 277 Å². The first-order valence-electron chi connectivity index (χ1n) is 15.2. The number of benzene rings is 2. The van der Waals surface area contributed by atoms with Crippen molar-refractivity contribution in [3.05, 3.63) is 65.3 Å². The zero-order chi connectivity index (χ0) is 31.9. The topological polar surface area (TPSA) is 123 Å².